The lowest BCUT2D eigenvalue weighted by molar-refractivity contribution is 0.0526. The van der Waals surface area contributed by atoms with Gasteiger partial charge in [-0.15, -0.1) is 0 Å². The maximum absolute atomic E-state index is 11.8. The molecule has 0 saturated heterocycles. The second kappa shape index (κ2) is 10.5. The Hall–Kier alpha value is -3.07. The van der Waals surface area contributed by atoms with E-state index < -0.39 is 0 Å². The normalized spacial score (nSPS) is 10.6. The van der Waals surface area contributed by atoms with Gasteiger partial charge in [0.15, 0.2) is 0 Å². The largest absolute Gasteiger partial charge is 0.462 e. The lowest BCUT2D eigenvalue weighted by Crippen LogP contribution is -2.18. The van der Waals surface area contributed by atoms with Gasteiger partial charge in [0.1, 0.15) is 0 Å². The Labute approximate surface area is 174 Å². The molecule has 0 aliphatic carbocycles. The van der Waals surface area contributed by atoms with Gasteiger partial charge >= 0.3 is 5.97 Å². The summed E-state index contributed by atoms with van der Waals surface area (Å²) in [6.45, 7) is 3.12. The van der Waals surface area contributed by atoms with Crippen LogP contribution in [0.3, 0.4) is 0 Å². The molecule has 0 aromatic heterocycles. The van der Waals surface area contributed by atoms with Gasteiger partial charge in [-0.25, -0.2) is 4.79 Å². The minimum absolute atomic E-state index is 0.255. The first-order chi connectivity index (χ1) is 14.2. The van der Waals surface area contributed by atoms with Crippen molar-refractivity contribution >= 4 is 11.7 Å². The predicted molar refractivity (Wildman–Crippen MR) is 119 cm³/mol. The Morgan fingerprint density at radius 3 is 2.24 bits per heavy atom. The highest BCUT2D eigenvalue weighted by Crippen LogP contribution is 2.23. The minimum Gasteiger partial charge on any atom is -0.462 e. The second-order valence-corrected chi connectivity index (χ2v) is 7.24. The lowest BCUT2D eigenvalue weighted by atomic mass is 10.0. The van der Waals surface area contributed by atoms with Crippen LogP contribution in [0.4, 0.5) is 5.69 Å². The van der Waals surface area contributed by atoms with Crippen LogP contribution in [0, 0.1) is 0 Å². The predicted octanol–water partition coefficient (Wildman–Crippen LogP) is 5.68. The molecule has 0 heterocycles. The van der Waals surface area contributed by atoms with Crippen LogP contribution in [-0.4, -0.2) is 19.6 Å². The molecule has 3 nitrogen and oxygen atoms in total. The molecule has 0 aliphatic heterocycles. The van der Waals surface area contributed by atoms with Crippen LogP contribution in [-0.2, 0) is 24.1 Å². The maximum Gasteiger partial charge on any atom is 0.338 e. The van der Waals surface area contributed by atoms with E-state index >= 15 is 0 Å². The van der Waals surface area contributed by atoms with Crippen molar-refractivity contribution in [1.29, 1.82) is 0 Å². The summed E-state index contributed by atoms with van der Waals surface area (Å²) in [7, 11) is 2.15. The van der Waals surface area contributed by atoms with Gasteiger partial charge in [-0.05, 0) is 61.1 Å². The van der Waals surface area contributed by atoms with Crippen molar-refractivity contribution in [2.24, 2.45) is 0 Å². The number of esters is 1. The van der Waals surface area contributed by atoms with Crippen molar-refractivity contribution < 1.29 is 9.53 Å². The number of aryl methyl sites for hydroxylation is 2. The molecule has 0 N–H and O–H groups in total. The molecular weight excluding hydrogens is 358 g/mol. The number of carbonyl (C=O) groups is 1. The smallest absolute Gasteiger partial charge is 0.338 e. The third kappa shape index (κ3) is 5.95. The van der Waals surface area contributed by atoms with Crippen molar-refractivity contribution in [3.8, 4) is 0 Å². The van der Waals surface area contributed by atoms with Gasteiger partial charge in [0.2, 0.25) is 0 Å². The summed E-state index contributed by atoms with van der Waals surface area (Å²) in [5, 5.41) is 0. The SMILES string of the molecule is CCOC(=O)c1ccc(CCCc2ccccc2N(C)Cc2ccccc2)cc1. The first-order valence-electron chi connectivity index (χ1n) is 10.3. The number of para-hydroxylation sites is 1. The molecule has 0 fully saturated rings. The van der Waals surface area contributed by atoms with E-state index in [1.807, 2.05) is 31.2 Å². The minimum atomic E-state index is -0.255. The van der Waals surface area contributed by atoms with E-state index in [4.69, 9.17) is 4.74 Å². The van der Waals surface area contributed by atoms with E-state index in [1.54, 1.807) is 0 Å². The molecule has 3 rings (SSSR count). The third-order valence-electron chi connectivity index (χ3n) is 5.04. The zero-order valence-corrected chi connectivity index (χ0v) is 17.3. The quantitative estimate of drug-likeness (QED) is 0.443. The number of hydrogen-bond donors (Lipinski definition) is 0. The zero-order valence-electron chi connectivity index (χ0n) is 17.3. The van der Waals surface area contributed by atoms with Gasteiger partial charge in [-0.2, -0.15) is 0 Å². The fourth-order valence-corrected chi connectivity index (χ4v) is 3.54. The summed E-state index contributed by atoms with van der Waals surface area (Å²) in [5.41, 5.74) is 5.83. The maximum atomic E-state index is 11.8. The van der Waals surface area contributed by atoms with Gasteiger partial charge in [-0.3, -0.25) is 0 Å². The molecule has 0 bridgehead atoms. The first kappa shape index (κ1) is 20.7. The summed E-state index contributed by atoms with van der Waals surface area (Å²) in [5.74, 6) is -0.255. The summed E-state index contributed by atoms with van der Waals surface area (Å²) in [6.07, 6.45) is 3.07. The summed E-state index contributed by atoms with van der Waals surface area (Å²) in [6, 6.07) is 27.0. The van der Waals surface area contributed by atoms with E-state index in [9.17, 15) is 4.79 Å². The van der Waals surface area contributed by atoms with Crippen LogP contribution in [0.1, 0.15) is 40.4 Å². The van der Waals surface area contributed by atoms with Gasteiger partial charge in [0.05, 0.1) is 12.2 Å². The van der Waals surface area contributed by atoms with Gasteiger partial charge in [-0.1, -0.05) is 60.7 Å². The molecule has 0 aliphatic rings. The lowest BCUT2D eigenvalue weighted by Gasteiger charge is -2.23. The van der Waals surface area contributed by atoms with Crippen LogP contribution >= 0.6 is 0 Å². The summed E-state index contributed by atoms with van der Waals surface area (Å²) >= 11 is 0. The van der Waals surface area contributed by atoms with Crippen molar-refractivity contribution in [3.63, 3.8) is 0 Å². The second-order valence-electron chi connectivity index (χ2n) is 7.24. The monoisotopic (exact) mass is 387 g/mol. The summed E-state index contributed by atoms with van der Waals surface area (Å²) < 4.78 is 5.04. The van der Waals surface area contributed by atoms with Crippen LogP contribution in [0.2, 0.25) is 0 Å². The van der Waals surface area contributed by atoms with Gasteiger partial charge in [0, 0.05) is 19.3 Å². The Balaban J connectivity index is 1.58. The summed E-state index contributed by atoms with van der Waals surface area (Å²) in [4.78, 5) is 14.1. The highest BCUT2D eigenvalue weighted by Gasteiger charge is 2.09. The number of carbonyl (C=O) groups excluding carboxylic acids is 1. The van der Waals surface area contributed by atoms with Crippen molar-refractivity contribution in [2.45, 2.75) is 32.7 Å². The molecule has 0 saturated carbocycles. The number of nitrogens with zero attached hydrogens (tertiary/aromatic N) is 1. The van der Waals surface area contributed by atoms with Crippen LogP contribution in [0.25, 0.3) is 0 Å². The number of hydrogen-bond acceptors (Lipinski definition) is 3. The molecule has 0 unspecified atom stereocenters. The highest BCUT2D eigenvalue weighted by atomic mass is 16.5. The van der Waals surface area contributed by atoms with Gasteiger partial charge in [0.25, 0.3) is 0 Å². The third-order valence-corrected chi connectivity index (χ3v) is 5.04. The Bertz CT molecular complexity index is 904. The number of anilines is 1. The molecule has 3 aromatic rings. The molecule has 150 valence electrons. The number of rotatable bonds is 9. The molecule has 0 amide bonds. The highest BCUT2D eigenvalue weighted by molar-refractivity contribution is 5.89. The van der Waals surface area contributed by atoms with E-state index in [0.717, 1.165) is 25.8 Å². The Morgan fingerprint density at radius 2 is 1.52 bits per heavy atom. The number of benzene rings is 3. The molecule has 0 spiro atoms. The Kier molecular flexibility index (Phi) is 7.46. The first-order valence-corrected chi connectivity index (χ1v) is 10.3. The van der Waals surface area contributed by atoms with E-state index in [2.05, 4.69) is 66.5 Å². The van der Waals surface area contributed by atoms with E-state index in [-0.39, 0.29) is 5.97 Å². The standard InChI is InChI=1S/C26H29NO2/c1-3-29-26(28)24-18-16-21(17-19-24)12-9-14-23-13-7-8-15-25(23)27(2)20-22-10-5-4-6-11-22/h4-8,10-11,13,15-19H,3,9,12,14,20H2,1-2H3. The fourth-order valence-electron chi connectivity index (χ4n) is 3.54. The van der Waals surface area contributed by atoms with Crippen LogP contribution in [0.15, 0.2) is 78.9 Å². The average Bonchev–Trinajstić information content (AvgIpc) is 2.75. The average molecular weight is 388 g/mol. The van der Waals surface area contributed by atoms with Crippen molar-refractivity contribution in [3.05, 3.63) is 101 Å². The topological polar surface area (TPSA) is 29.5 Å². The molecule has 3 aromatic carbocycles. The van der Waals surface area contributed by atoms with E-state index in [1.165, 1.54) is 22.4 Å². The molecular formula is C26H29NO2. The molecule has 0 radical (unpaired) electrons. The molecule has 3 heteroatoms. The van der Waals surface area contributed by atoms with E-state index in [0.29, 0.717) is 12.2 Å². The number of ether oxygens (including phenoxy) is 1. The molecule has 29 heavy (non-hydrogen) atoms. The zero-order chi connectivity index (χ0) is 20.5. The fraction of sp³-hybridized carbons (Fsp3) is 0.269. The van der Waals surface area contributed by atoms with Crippen LogP contribution < -0.4 is 4.90 Å². The van der Waals surface area contributed by atoms with Crippen molar-refractivity contribution in [2.75, 3.05) is 18.6 Å². The Morgan fingerprint density at radius 1 is 0.828 bits per heavy atom. The van der Waals surface area contributed by atoms with Gasteiger partial charge < -0.3 is 9.64 Å². The molecule has 0 atom stereocenters. The van der Waals surface area contributed by atoms with Crippen LogP contribution in [0.5, 0.6) is 0 Å². The van der Waals surface area contributed by atoms with Crippen molar-refractivity contribution in [1.82, 2.24) is 0 Å².